The number of benzene rings is 1. The summed E-state index contributed by atoms with van der Waals surface area (Å²) in [5.74, 6) is -0.519. The van der Waals surface area contributed by atoms with Crippen molar-refractivity contribution in [3.05, 3.63) is 60.8 Å². The number of hydrogen-bond donors (Lipinski definition) is 4. The summed E-state index contributed by atoms with van der Waals surface area (Å²) in [4.78, 5) is 38.0. The van der Waals surface area contributed by atoms with E-state index < -0.39 is 29.1 Å². The van der Waals surface area contributed by atoms with Crippen molar-refractivity contribution >= 4 is 46.6 Å². The molecule has 1 aliphatic heterocycles. The van der Waals surface area contributed by atoms with Crippen LogP contribution in [-0.2, 0) is 15.7 Å². The summed E-state index contributed by atoms with van der Waals surface area (Å²) in [6.07, 6.45) is -2.72. The summed E-state index contributed by atoms with van der Waals surface area (Å²) >= 11 is 0. The van der Waals surface area contributed by atoms with Gasteiger partial charge in [-0.2, -0.15) is 23.1 Å². The first-order chi connectivity index (χ1) is 20.7. The van der Waals surface area contributed by atoms with E-state index in [1.165, 1.54) is 19.2 Å². The second-order valence-electron chi connectivity index (χ2n) is 10.8. The molecule has 4 N–H and O–H groups in total. The lowest BCUT2D eigenvalue weighted by molar-refractivity contribution is -0.137. The molecule has 0 radical (unpaired) electrons. The molecule has 15 heteroatoms. The number of nitrogens with one attached hydrogen (secondary N) is 4. The van der Waals surface area contributed by atoms with Gasteiger partial charge in [-0.3, -0.25) is 4.79 Å². The summed E-state index contributed by atoms with van der Waals surface area (Å²) < 4.78 is 52.3. The van der Waals surface area contributed by atoms with Crippen molar-refractivity contribution in [1.29, 1.82) is 0 Å². The highest BCUT2D eigenvalue weighted by Crippen LogP contribution is 2.36. The molecular formula is C29H33F3N8O4. The number of likely N-dealkylation sites (tertiary alicyclic amines) is 1. The number of methoxy groups -OCH3 is 1. The molecule has 3 heterocycles. The molecule has 2 amide bonds. The smallest absolute Gasteiger partial charge is 0.421 e. The third kappa shape index (κ3) is 8.49. The largest absolute Gasteiger partial charge is 0.479 e. The molecule has 1 aromatic carbocycles. The molecule has 0 saturated carbocycles. The summed E-state index contributed by atoms with van der Waals surface area (Å²) in [5, 5.41) is 11.3. The van der Waals surface area contributed by atoms with Crippen molar-refractivity contribution in [1.82, 2.24) is 19.9 Å². The average Bonchev–Trinajstić information content (AvgIpc) is 3.41. The van der Waals surface area contributed by atoms with Crippen molar-refractivity contribution in [2.45, 2.75) is 45.0 Å². The first-order valence-corrected chi connectivity index (χ1v) is 13.6. The highest BCUT2D eigenvalue weighted by Gasteiger charge is 2.35. The number of halogens is 3. The minimum Gasteiger partial charge on any atom is -0.479 e. The second kappa shape index (κ2) is 13.1. The van der Waals surface area contributed by atoms with Crippen molar-refractivity contribution in [2.24, 2.45) is 0 Å². The van der Waals surface area contributed by atoms with Crippen LogP contribution in [0.25, 0.3) is 0 Å². The van der Waals surface area contributed by atoms with Gasteiger partial charge in [0.05, 0.1) is 7.11 Å². The number of nitrogens with zero attached hydrogens (tertiary/aromatic N) is 4. The van der Waals surface area contributed by atoms with Gasteiger partial charge in [-0.05, 0) is 63.6 Å². The lowest BCUT2D eigenvalue weighted by Crippen LogP contribution is -2.36. The van der Waals surface area contributed by atoms with Gasteiger partial charge in [0, 0.05) is 36.7 Å². The first kappa shape index (κ1) is 31.8. The van der Waals surface area contributed by atoms with Crippen LogP contribution in [-0.4, -0.2) is 63.7 Å². The van der Waals surface area contributed by atoms with E-state index in [1.54, 1.807) is 29.2 Å². The average molecular weight is 615 g/mol. The molecule has 1 atom stereocenters. The number of ether oxygens (including phenoxy) is 2. The standard InChI is InChI=1S/C29H33F3N8O4/c1-6-23(41)35-17-8-7-9-18(14-17)36-24-20(29(30,31)32)15-33-26(39-24)37-21-10-11-22(38-25(21)43-5)34-19-12-13-40(16-19)27(42)44-28(2,3)4/h6-11,14-15,19H,1,12-13,16H2,2-5H3,(H,34,38)(H,35,41)(H2,33,36,37,39). The van der Waals surface area contributed by atoms with Gasteiger partial charge in [-0.25, -0.2) is 9.78 Å². The van der Waals surface area contributed by atoms with Gasteiger partial charge < -0.3 is 35.6 Å². The molecule has 12 nitrogen and oxygen atoms in total. The predicted octanol–water partition coefficient (Wildman–Crippen LogP) is 5.93. The van der Waals surface area contributed by atoms with E-state index in [0.29, 0.717) is 42.9 Å². The minimum absolute atomic E-state index is 0.0750. The van der Waals surface area contributed by atoms with Gasteiger partial charge in [0.2, 0.25) is 17.7 Å². The van der Waals surface area contributed by atoms with Crippen molar-refractivity contribution < 1.29 is 32.2 Å². The third-order valence-electron chi connectivity index (χ3n) is 6.16. The minimum atomic E-state index is -4.75. The Morgan fingerprint density at radius 1 is 1.09 bits per heavy atom. The fourth-order valence-electron chi connectivity index (χ4n) is 4.22. The van der Waals surface area contributed by atoms with Gasteiger partial charge in [0.25, 0.3) is 0 Å². The molecule has 1 aliphatic rings. The number of alkyl halides is 3. The number of carbonyl (C=O) groups is 2. The molecule has 2 aromatic heterocycles. The lowest BCUT2D eigenvalue weighted by atomic mass is 10.2. The third-order valence-corrected chi connectivity index (χ3v) is 6.16. The zero-order chi connectivity index (χ0) is 32.1. The van der Waals surface area contributed by atoms with E-state index in [0.717, 1.165) is 6.08 Å². The maximum absolute atomic E-state index is 13.8. The van der Waals surface area contributed by atoms with Gasteiger partial charge in [-0.1, -0.05) is 12.6 Å². The molecule has 0 bridgehead atoms. The van der Waals surface area contributed by atoms with Crippen LogP contribution in [0.4, 0.5) is 52.6 Å². The maximum atomic E-state index is 13.8. The Morgan fingerprint density at radius 2 is 1.84 bits per heavy atom. The Balaban J connectivity index is 1.50. The number of amides is 2. The highest BCUT2D eigenvalue weighted by atomic mass is 19.4. The van der Waals surface area contributed by atoms with Gasteiger partial charge >= 0.3 is 12.3 Å². The zero-order valence-corrected chi connectivity index (χ0v) is 24.6. The van der Waals surface area contributed by atoms with Crippen LogP contribution in [0.2, 0.25) is 0 Å². The van der Waals surface area contributed by atoms with Crippen LogP contribution >= 0.6 is 0 Å². The molecule has 0 spiro atoms. The van der Waals surface area contributed by atoms with E-state index in [-0.39, 0.29) is 29.7 Å². The number of rotatable bonds is 9. The Morgan fingerprint density at radius 3 is 2.52 bits per heavy atom. The molecule has 1 fully saturated rings. The number of aromatic nitrogens is 3. The lowest BCUT2D eigenvalue weighted by Gasteiger charge is -2.24. The molecule has 1 saturated heterocycles. The van der Waals surface area contributed by atoms with Crippen molar-refractivity contribution in [3.63, 3.8) is 0 Å². The maximum Gasteiger partial charge on any atom is 0.421 e. The van der Waals surface area contributed by atoms with E-state index >= 15 is 0 Å². The van der Waals surface area contributed by atoms with Crippen LogP contribution in [0.1, 0.15) is 32.8 Å². The predicted molar refractivity (Wildman–Crippen MR) is 159 cm³/mol. The van der Waals surface area contributed by atoms with E-state index in [9.17, 15) is 22.8 Å². The van der Waals surface area contributed by atoms with Crippen LogP contribution in [0, 0.1) is 0 Å². The fraction of sp³-hybridized carbons (Fsp3) is 0.345. The molecular weight excluding hydrogens is 581 g/mol. The molecule has 1 unspecified atom stereocenters. The quantitative estimate of drug-likeness (QED) is 0.214. The fourth-order valence-corrected chi connectivity index (χ4v) is 4.22. The summed E-state index contributed by atoms with van der Waals surface area (Å²) in [5.41, 5.74) is -0.789. The van der Waals surface area contributed by atoms with E-state index in [4.69, 9.17) is 9.47 Å². The van der Waals surface area contributed by atoms with Gasteiger partial charge in [0.1, 0.15) is 28.5 Å². The molecule has 44 heavy (non-hydrogen) atoms. The number of carbonyl (C=O) groups excluding carboxylic acids is 2. The van der Waals surface area contributed by atoms with Gasteiger partial charge in [0.15, 0.2) is 0 Å². The highest BCUT2D eigenvalue weighted by molar-refractivity contribution is 5.99. The number of hydrogen-bond acceptors (Lipinski definition) is 10. The van der Waals surface area contributed by atoms with Crippen LogP contribution in [0.3, 0.4) is 0 Å². The topological polar surface area (TPSA) is 143 Å². The molecule has 0 aliphatic carbocycles. The Labute approximate surface area is 252 Å². The van der Waals surface area contributed by atoms with Crippen LogP contribution in [0.5, 0.6) is 5.88 Å². The van der Waals surface area contributed by atoms with Crippen LogP contribution < -0.4 is 26.0 Å². The number of anilines is 6. The van der Waals surface area contributed by atoms with Gasteiger partial charge in [-0.15, -0.1) is 0 Å². The summed E-state index contributed by atoms with van der Waals surface area (Å²) in [7, 11) is 1.40. The van der Waals surface area contributed by atoms with Crippen molar-refractivity contribution in [2.75, 3.05) is 41.5 Å². The molecule has 234 valence electrons. The van der Waals surface area contributed by atoms with E-state index in [1.807, 2.05) is 20.8 Å². The zero-order valence-electron chi connectivity index (χ0n) is 24.6. The molecule has 3 aromatic rings. The Bertz CT molecular complexity index is 1530. The van der Waals surface area contributed by atoms with E-state index in [2.05, 4.69) is 42.8 Å². The monoisotopic (exact) mass is 614 g/mol. The Kier molecular flexibility index (Phi) is 9.45. The van der Waals surface area contributed by atoms with Crippen molar-refractivity contribution in [3.8, 4) is 5.88 Å². The summed E-state index contributed by atoms with van der Waals surface area (Å²) in [6, 6.07) is 9.31. The van der Waals surface area contributed by atoms with Crippen LogP contribution in [0.15, 0.2) is 55.3 Å². The SMILES string of the molecule is C=CC(=O)Nc1cccc(Nc2nc(Nc3ccc(NC4CCN(C(=O)OC(C)(C)C)C4)nc3OC)ncc2C(F)(F)F)c1. The summed E-state index contributed by atoms with van der Waals surface area (Å²) in [6.45, 7) is 9.75. The molecule has 4 rings (SSSR count). The first-order valence-electron chi connectivity index (χ1n) is 13.6. The normalized spacial score (nSPS) is 14.9. The second-order valence-corrected chi connectivity index (χ2v) is 10.8. The Hall–Kier alpha value is -5.08. The number of pyridine rings is 1.